The number of likely N-dealkylation sites (N-methyl/N-ethyl adjacent to an activating group) is 1. The molecule has 1 fully saturated rings. The van der Waals surface area contributed by atoms with Crippen LogP contribution in [0, 0.1) is 11.8 Å². The first-order valence-corrected chi connectivity index (χ1v) is 17.1. The van der Waals surface area contributed by atoms with E-state index < -0.39 is 30.0 Å². The van der Waals surface area contributed by atoms with E-state index in [1.807, 2.05) is 70.0 Å². The maximum atomic E-state index is 13.5. The fraction of sp³-hybridized carbons (Fsp3) is 0.588. The number of likely N-dealkylation sites (tertiary alicyclic amines) is 1. The normalized spacial score (nSPS) is 17.4. The van der Waals surface area contributed by atoms with Crippen LogP contribution in [0.5, 0.6) is 0 Å². The number of hydrogen-bond acceptors (Lipinski definition) is 8. The summed E-state index contributed by atoms with van der Waals surface area (Å²) >= 11 is 1.06. The van der Waals surface area contributed by atoms with Gasteiger partial charge in [-0.25, -0.2) is 4.98 Å². The van der Waals surface area contributed by atoms with Gasteiger partial charge in [-0.15, -0.1) is 23.7 Å². The van der Waals surface area contributed by atoms with Crippen LogP contribution in [0.1, 0.15) is 98.5 Å². The number of halogens is 1. The molecule has 0 radical (unpaired) electrons. The highest BCUT2D eigenvalue weighted by Crippen LogP contribution is 2.19. The van der Waals surface area contributed by atoms with Crippen LogP contribution in [-0.2, 0) is 20.8 Å². The molecule has 3 amide bonds. The van der Waals surface area contributed by atoms with E-state index in [4.69, 9.17) is 0 Å². The van der Waals surface area contributed by atoms with Gasteiger partial charge >= 0.3 is 5.97 Å². The highest BCUT2D eigenvalue weighted by molar-refractivity contribution is 7.11. The summed E-state index contributed by atoms with van der Waals surface area (Å²) < 4.78 is 0. The minimum absolute atomic E-state index is 0. The molecule has 1 saturated heterocycles. The van der Waals surface area contributed by atoms with Gasteiger partial charge in [-0.05, 0) is 56.7 Å². The Balaban J connectivity index is 0.00000768. The maximum absolute atomic E-state index is 13.5. The minimum atomic E-state index is -0.949. The number of nitrogens with one attached hydrogen (secondary N) is 3. The first-order chi connectivity index (χ1) is 21.9. The molecule has 0 bridgehead atoms. The molecular formula is C34H50ClN5O6S. The molecule has 1 aromatic carbocycles. The number of carbonyl (C=O) groups excluding carboxylic acids is 4. The van der Waals surface area contributed by atoms with E-state index in [9.17, 15) is 29.1 Å². The Bertz CT molecular complexity index is 1340. The third-order valence-corrected chi connectivity index (χ3v) is 9.63. The summed E-state index contributed by atoms with van der Waals surface area (Å²) in [5.41, 5.74) is 1.05. The SMILES string of the molecule is CC[C@H](C)[C@H](NC(=O)[C@@H]1CCCCN1C)C(=O)N[C@H](CC(=O)c1nc(C(=O)N[C@H](CCC(=O)O)Cc2ccccc2)cs1)C(C)C.Cl. The van der Waals surface area contributed by atoms with Crippen LogP contribution in [0.4, 0.5) is 0 Å². The van der Waals surface area contributed by atoms with Gasteiger partial charge in [0.2, 0.25) is 11.8 Å². The molecule has 0 spiro atoms. The molecule has 2 heterocycles. The molecule has 1 aliphatic rings. The lowest BCUT2D eigenvalue weighted by molar-refractivity contribution is -0.137. The molecule has 5 atom stereocenters. The van der Waals surface area contributed by atoms with Crippen molar-refractivity contribution in [2.75, 3.05) is 13.6 Å². The predicted molar refractivity (Wildman–Crippen MR) is 185 cm³/mol. The number of piperidine rings is 1. The van der Waals surface area contributed by atoms with E-state index in [-0.39, 0.29) is 77.8 Å². The van der Waals surface area contributed by atoms with Gasteiger partial charge in [-0.1, -0.05) is 70.9 Å². The third kappa shape index (κ3) is 12.3. The van der Waals surface area contributed by atoms with Crippen LogP contribution in [0.15, 0.2) is 35.7 Å². The molecule has 13 heteroatoms. The zero-order valence-electron chi connectivity index (χ0n) is 28.0. The fourth-order valence-corrected chi connectivity index (χ4v) is 6.31. The zero-order valence-corrected chi connectivity index (χ0v) is 29.6. The van der Waals surface area contributed by atoms with Gasteiger partial charge in [-0.2, -0.15) is 0 Å². The summed E-state index contributed by atoms with van der Waals surface area (Å²) in [6, 6.07) is 7.55. The number of rotatable bonds is 17. The number of Topliss-reactive ketones (excluding diaryl/α,β-unsaturated/α-hetero) is 1. The van der Waals surface area contributed by atoms with Crippen molar-refractivity contribution in [1.29, 1.82) is 0 Å². The smallest absolute Gasteiger partial charge is 0.303 e. The average Bonchev–Trinajstić information content (AvgIpc) is 3.53. The highest BCUT2D eigenvalue weighted by atomic mass is 35.5. The number of thiazole rings is 1. The van der Waals surface area contributed by atoms with Gasteiger partial charge in [0.25, 0.3) is 5.91 Å². The largest absolute Gasteiger partial charge is 0.481 e. The predicted octanol–water partition coefficient (Wildman–Crippen LogP) is 4.50. The molecular weight excluding hydrogens is 642 g/mol. The summed E-state index contributed by atoms with van der Waals surface area (Å²) in [6.45, 7) is 8.57. The van der Waals surface area contributed by atoms with E-state index in [0.717, 1.165) is 42.7 Å². The van der Waals surface area contributed by atoms with E-state index in [0.29, 0.717) is 12.8 Å². The average molecular weight is 692 g/mol. The van der Waals surface area contributed by atoms with Crippen molar-refractivity contribution in [1.82, 2.24) is 25.8 Å². The van der Waals surface area contributed by atoms with Crippen LogP contribution >= 0.6 is 23.7 Å². The highest BCUT2D eigenvalue weighted by Gasteiger charge is 2.33. The number of carbonyl (C=O) groups is 5. The second-order valence-corrected chi connectivity index (χ2v) is 13.5. The van der Waals surface area contributed by atoms with E-state index >= 15 is 0 Å². The molecule has 47 heavy (non-hydrogen) atoms. The molecule has 2 aromatic rings. The summed E-state index contributed by atoms with van der Waals surface area (Å²) in [4.78, 5) is 70.6. The lowest BCUT2D eigenvalue weighted by Crippen LogP contribution is -2.57. The van der Waals surface area contributed by atoms with Gasteiger partial charge in [-0.3, -0.25) is 28.9 Å². The Hall–Kier alpha value is -3.35. The molecule has 0 unspecified atom stereocenters. The zero-order chi connectivity index (χ0) is 33.8. The summed E-state index contributed by atoms with van der Waals surface area (Å²) in [6.07, 6.45) is 4.06. The summed E-state index contributed by atoms with van der Waals surface area (Å²) in [7, 11) is 1.93. The first kappa shape index (κ1) is 39.8. The van der Waals surface area contributed by atoms with Gasteiger partial charge < -0.3 is 21.1 Å². The van der Waals surface area contributed by atoms with E-state index in [1.165, 1.54) is 5.38 Å². The van der Waals surface area contributed by atoms with Crippen molar-refractivity contribution in [2.45, 2.75) is 103 Å². The quantitative estimate of drug-likeness (QED) is 0.177. The molecule has 4 N–H and O–H groups in total. The number of carboxylic acids is 1. The van der Waals surface area contributed by atoms with Gasteiger partial charge in [0.05, 0.1) is 6.04 Å². The van der Waals surface area contributed by atoms with E-state index in [2.05, 4.69) is 20.9 Å². The Morgan fingerprint density at radius 3 is 2.36 bits per heavy atom. The van der Waals surface area contributed by atoms with Crippen molar-refractivity contribution in [2.24, 2.45) is 11.8 Å². The van der Waals surface area contributed by atoms with Gasteiger partial charge in [0.15, 0.2) is 10.8 Å². The van der Waals surface area contributed by atoms with Crippen LogP contribution in [-0.4, -0.2) is 82.2 Å². The number of aromatic nitrogens is 1. The number of benzene rings is 1. The second kappa shape index (κ2) is 19.5. The molecule has 0 saturated carbocycles. The van der Waals surface area contributed by atoms with Crippen LogP contribution < -0.4 is 16.0 Å². The number of amides is 3. The maximum Gasteiger partial charge on any atom is 0.303 e. The topological polar surface area (TPSA) is 158 Å². The van der Waals surface area contributed by atoms with Crippen LogP contribution in [0.3, 0.4) is 0 Å². The summed E-state index contributed by atoms with van der Waals surface area (Å²) in [5, 5.41) is 19.7. The van der Waals surface area contributed by atoms with Crippen molar-refractivity contribution in [3.05, 3.63) is 52.0 Å². The lowest BCUT2D eigenvalue weighted by Gasteiger charge is -2.34. The Kier molecular flexibility index (Phi) is 16.5. The van der Waals surface area contributed by atoms with Crippen molar-refractivity contribution in [3.8, 4) is 0 Å². The number of nitrogens with zero attached hydrogens (tertiary/aromatic N) is 2. The molecule has 1 aliphatic heterocycles. The monoisotopic (exact) mass is 691 g/mol. The van der Waals surface area contributed by atoms with Gasteiger partial charge in [0, 0.05) is 30.3 Å². The number of aliphatic carboxylic acids is 1. The Morgan fingerprint density at radius 1 is 1.04 bits per heavy atom. The Labute approximate surface area is 288 Å². The van der Waals surface area contributed by atoms with Crippen molar-refractivity contribution >= 4 is 53.2 Å². The van der Waals surface area contributed by atoms with Crippen molar-refractivity contribution < 1.29 is 29.1 Å². The third-order valence-electron chi connectivity index (χ3n) is 8.75. The fourth-order valence-electron chi connectivity index (χ4n) is 5.56. The number of carboxylic acid groups (broad SMARTS) is 1. The van der Waals surface area contributed by atoms with Gasteiger partial charge in [0.1, 0.15) is 11.7 Å². The van der Waals surface area contributed by atoms with Crippen molar-refractivity contribution in [3.63, 3.8) is 0 Å². The second-order valence-electron chi connectivity index (χ2n) is 12.7. The Morgan fingerprint density at radius 2 is 1.74 bits per heavy atom. The first-order valence-electron chi connectivity index (χ1n) is 16.3. The number of ketones is 1. The van der Waals surface area contributed by atoms with Crippen LogP contribution in [0.25, 0.3) is 0 Å². The molecule has 1 aromatic heterocycles. The lowest BCUT2D eigenvalue weighted by atomic mass is 9.94. The number of hydrogen-bond donors (Lipinski definition) is 4. The van der Waals surface area contributed by atoms with Crippen LogP contribution in [0.2, 0.25) is 0 Å². The van der Waals surface area contributed by atoms with E-state index in [1.54, 1.807) is 0 Å². The molecule has 3 rings (SSSR count). The summed E-state index contributed by atoms with van der Waals surface area (Å²) in [5.74, 6) is -2.40. The minimum Gasteiger partial charge on any atom is -0.481 e. The molecule has 0 aliphatic carbocycles. The molecule has 260 valence electrons. The standard InChI is InChI=1S/C34H49N5O6S.ClH/c1-6-22(4)30(38-32(44)27-14-10-11-17-39(27)5)33(45)36-25(21(2)3)19-28(40)34-37-26(20-46-34)31(43)35-24(15-16-29(41)42)18-23-12-8-7-9-13-23;/h7-9,12-13,20-22,24-25,27,30H,6,10-11,14-19H2,1-5H3,(H,35,43)(H,36,45)(H,38,44)(H,41,42);1H/t22-,24+,25+,27-,30-;/m0./s1. The molecule has 11 nitrogen and oxygen atoms in total.